The van der Waals surface area contributed by atoms with E-state index in [4.69, 9.17) is 28.4 Å². The fourth-order valence-corrected chi connectivity index (χ4v) is 3.62. The fourth-order valence-electron chi connectivity index (χ4n) is 3.62. The molecule has 34 heavy (non-hydrogen) atoms. The van der Waals surface area contributed by atoms with Gasteiger partial charge in [-0.1, -0.05) is 12.1 Å². The highest BCUT2D eigenvalue weighted by Gasteiger charge is 2.32. The maximum absolute atomic E-state index is 11.8. The molecule has 1 aliphatic rings. The highest BCUT2D eigenvalue weighted by molar-refractivity contribution is 5.78. The first-order valence-electron chi connectivity index (χ1n) is 10.3. The van der Waals surface area contributed by atoms with Crippen LogP contribution in [0.5, 0.6) is 34.5 Å². The van der Waals surface area contributed by atoms with Crippen molar-refractivity contribution < 1.29 is 47.6 Å². The van der Waals surface area contributed by atoms with Gasteiger partial charge in [0.25, 0.3) is 0 Å². The number of esters is 4. The first kappa shape index (κ1) is 24.6. The molecule has 1 heterocycles. The van der Waals surface area contributed by atoms with Gasteiger partial charge < -0.3 is 28.4 Å². The molecular weight excluding hydrogens is 448 g/mol. The van der Waals surface area contributed by atoms with Crippen molar-refractivity contribution in [3.63, 3.8) is 0 Å². The number of methoxy groups -OCH3 is 1. The molecule has 3 rings (SSSR count). The van der Waals surface area contributed by atoms with E-state index in [0.717, 1.165) is 0 Å². The molecule has 0 saturated carbocycles. The van der Waals surface area contributed by atoms with Crippen LogP contribution >= 0.6 is 0 Å². The Balaban J connectivity index is 2.06. The van der Waals surface area contributed by atoms with E-state index in [2.05, 4.69) is 0 Å². The molecule has 0 N–H and O–H groups in total. The Morgan fingerprint density at radius 2 is 1.29 bits per heavy atom. The molecule has 180 valence electrons. The fraction of sp³-hybridized carbons (Fsp3) is 0.333. The molecule has 10 heteroatoms. The average Bonchev–Trinajstić information content (AvgIpc) is 2.75. The van der Waals surface area contributed by atoms with Crippen molar-refractivity contribution in [2.45, 2.75) is 40.0 Å². The minimum absolute atomic E-state index is 0.00851. The van der Waals surface area contributed by atoms with E-state index in [1.54, 1.807) is 18.2 Å². The van der Waals surface area contributed by atoms with Crippen LogP contribution in [0.1, 0.15) is 44.7 Å². The normalized spacial score (nSPS) is 14.2. The smallest absolute Gasteiger partial charge is 0.308 e. The second-order valence-corrected chi connectivity index (χ2v) is 7.48. The summed E-state index contributed by atoms with van der Waals surface area (Å²) in [6.07, 6.45) is 0.393. The van der Waals surface area contributed by atoms with Gasteiger partial charge in [0.1, 0.15) is 0 Å². The lowest BCUT2D eigenvalue weighted by molar-refractivity contribution is -0.134. The van der Waals surface area contributed by atoms with Crippen molar-refractivity contribution in [2.75, 3.05) is 13.7 Å². The molecule has 2 aromatic rings. The van der Waals surface area contributed by atoms with Crippen LogP contribution in [0, 0.1) is 0 Å². The van der Waals surface area contributed by atoms with Crippen LogP contribution in [0.3, 0.4) is 0 Å². The Labute approximate surface area is 195 Å². The van der Waals surface area contributed by atoms with E-state index in [1.165, 1.54) is 40.9 Å². The molecule has 2 aromatic carbocycles. The number of carbonyl (C=O) groups is 4. The number of rotatable bonds is 6. The predicted octanol–water partition coefficient (Wildman–Crippen LogP) is 3.12. The Morgan fingerprint density at radius 3 is 1.88 bits per heavy atom. The molecule has 0 fully saturated rings. The third kappa shape index (κ3) is 5.45. The molecule has 0 aromatic heterocycles. The summed E-state index contributed by atoms with van der Waals surface area (Å²) in [7, 11) is 1.40. The van der Waals surface area contributed by atoms with Crippen LogP contribution in [-0.2, 0) is 25.6 Å². The SMILES string of the molecule is COc1ccc([C@@H]2COc3c(ccc(OC(C)=O)c3OC(C)=O)C2)c(OC(C)=O)c1OC(C)=O. The molecule has 0 spiro atoms. The zero-order chi connectivity index (χ0) is 25.0. The van der Waals surface area contributed by atoms with Gasteiger partial charge in [0.05, 0.1) is 13.7 Å². The van der Waals surface area contributed by atoms with Crippen molar-refractivity contribution in [1.29, 1.82) is 0 Å². The van der Waals surface area contributed by atoms with Crippen LogP contribution in [0.2, 0.25) is 0 Å². The Bertz CT molecular complexity index is 1150. The predicted molar refractivity (Wildman–Crippen MR) is 117 cm³/mol. The molecule has 10 nitrogen and oxygen atoms in total. The Kier molecular flexibility index (Phi) is 7.40. The minimum atomic E-state index is -0.613. The van der Waals surface area contributed by atoms with Crippen LogP contribution in [0.25, 0.3) is 0 Å². The summed E-state index contributed by atoms with van der Waals surface area (Å²) in [4.78, 5) is 46.6. The second-order valence-electron chi connectivity index (χ2n) is 7.48. The molecule has 0 radical (unpaired) electrons. The molecule has 0 saturated heterocycles. The van der Waals surface area contributed by atoms with E-state index >= 15 is 0 Å². The van der Waals surface area contributed by atoms with Gasteiger partial charge in [0.15, 0.2) is 23.0 Å². The van der Waals surface area contributed by atoms with Gasteiger partial charge in [-0.15, -0.1) is 0 Å². The zero-order valence-electron chi connectivity index (χ0n) is 19.4. The van der Waals surface area contributed by atoms with Crippen molar-refractivity contribution in [3.8, 4) is 34.5 Å². The van der Waals surface area contributed by atoms with Crippen LogP contribution in [0.4, 0.5) is 0 Å². The van der Waals surface area contributed by atoms with E-state index in [9.17, 15) is 19.2 Å². The summed E-state index contributed by atoms with van der Waals surface area (Å²) in [5, 5.41) is 0. The van der Waals surface area contributed by atoms with E-state index < -0.39 is 23.9 Å². The highest BCUT2D eigenvalue weighted by atomic mass is 16.6. The molecule has 0 aliphatic carbocycles. The molecule has 0 bridgehead atoms. The summed E-state index contributed by atoms with van der Waals surface area (Å²) < 4.78 is 32.3. The standard InChI is InChI=1S/C24H24O10/c1-12(25)31-20-8-6-16-10-17(11-30-21(16)24(20)34-15(4)28)18-7-9-19(29-5)23(33-14(3)27)22(18)32-13(2)26/h6-9,17H,10-11H2,1-5H3/t17-/m0/s1. The van der Waals surface area contributed by atoms with Crippen LogP contribution in [0.15, 0.2) is 24.3 Å². The van der Waals surface area contributed by atoms with Gasteiger partial charge in [-0.3, -0.25) is 19.2 Å². The largest absolute Gasteiger partial charge is 0.493 e. The Morgan fingerprint density at radius 1 is 0.735 bits per heavy atom. The number of hydrogen-bond donors (Lipinski definition) is 0. The van der Waals surface area contributed by atoms with Gasteiger partial charge in [-0.2, -0.15) is 0 Å². The lowest BCUT2D eigenvalue weighted by Crippen LogP contribution is -2.22. The van der Waals surface area contributed by atoms with Crippen molar-refractivity contribution >= 4 is 23.9 Å². The third-order valence-electron chi connectivity index (χ3n) is 4.81. The van der Waals surface area contributed by atoms with Crippen LogP contribution in [-0.4, -0.2) is 37.6 Å². The molecule has 0 amide bonds. The topological polar surface area (TPSA) is 124 Å². The second kappa shape index (κ2) is 10.2. The van der Waals surface area contributed by atoms with Crippen molar-refractivity contribution in [2.24, 2.45) is 0 Å². The lowest BCUT2D eigenvalue weighted by atomic mass is 9.89. The van der Waals surface area contributed by atoms with Gasteiger partial charge in [0.2, 0.25) is 11.5 Å². The monoisotopic (exact) mass is 472 g/mol. The van der Waals surface area contributed by atoms with Gasteiger partial charge in [-0.25, -0.2) is 0 Å². The Hall–Kier alpha value is -4.08. The number of hydrogen-bond acceptors (Lipinski definition) is 10. The highest BCUT2D eigenvalue weighted by Crippen LogP contribution is 2.48. The number of carbonyl (C=O) groups excluding carboxylic acids is 4. The first-order valence-corrected chi connectivity index (χ1v) is 10.3. The minimum Gasteiger partial charge on any atom is -0.493 e. The van der Waals surface area contributed by atoms with E-state index in [0.29, 0.717) is 17.5 Å². The average molecular weight is 472 g/mol. The summed E-state index contributed by atoms with van der Waals surface area (Å²) in [5.74, 6) is -2.14. The molecule has 1 aliphatic heterocycles. The quantitative estimate of drug-likeness (QED) is 0.457. The number of ether oxygens (including phenoxy) is 6. The molecule has 1 atom stereocenters. The van der Waals surface area contributed by atoms with E-state index in [1.807, 2.05) is 0 Å². The van der Waals surface area contributed by atoms with Gasteiger partial charge in [-0.05, 0) is 24.1 Å². The van der Waals surface area contributed by atoms with Gasteiger partial charge >= 0.3 is 23.9 Å². The lowest BCUT2D eigenvalue weighted by Gasteiger charge is -2.29. The van der Waals surface area contributed by atoms with E-state index in [-0.39, 0.29) is 47.0 Å². The van der Waals surface area contributed by atoms with Gasteiger partial charge in [0, 0.05) is 39.2 Å². The summed E-state index contributed by atoms with van der Waals surface area (Å²) >= 11 is 0. The maximum atomic E-state index is 11.8. The van der Waals surface area contributed by atoms with Crippen LogP contribution < -0.4 is 28.4 Å². The summed E-state index contributed by atoms with van der Waals surface area (Å²) in [6.45, 7) is 5.01. The summed E-state index contributed by atoms with van der Waals surface area (Å²) in [5.41, 5.74) is 1.22. The molecular formula is C24H24O10. The van der Waals surface area contributed by atoms with Crippen molar-refractivity contribution in [3.05, 3.63) is 35.4 Å². The number of benzene rings is 2. The number of fused-ring (bicyclic) bond motifs is 1. The maximum Gasteiger partial charge on any atom is 0.308 e. The van der Waals surface area contributed by atoms with Crippen molar-refractivity contribution in [1.82, 2.24) is 0 Å². The first-order chi connectivity index (χ1) is 16.1. The molecule has 0 unspecified atom stereocenters. The summed E-state index contributed by atoms with van der Waals surface area (Å²) in [6, 6.07) is 6.50. The third-order valence-corrected chi connectivity index (χ3v) is 4.81. The zero-order valence-corrected chi connectivity index (χ0v) is 19.4.